The molecule has 2 rings (SSSR count). The lowest BCUT2D eigenvalue weighted by molar-refractivity contribution is 0.0161. The lowest BCUT2D eigenvalue weighted by Crippen LogP contribution is -2.19. The third-order valence-corrected chi connectivity index (χ3v) is 4.79. The molecule has 0 bridgehead atoms. The zero-order valence-corrected chi connectivity index (χ0v) is 19.9. The molecule has 0 saturated carbocycles. The van der Waals surface area contributed by atoms with Gasteiger partial charge in [-0.15, -0.1) is 0 Å². The van der Waals surface area contributed by atoms with Crippen LogP contribution in [0.5, 0.6) is 11.5 Å². The minimum Gasteiger partial charge on any atom is -0.467 e. The number of rotatable bonds is 9. The van der Waals surface area contributed by atoms with Crippen LogP contribution >= 0.6 is 0 Å². The highest BCUT2D eigenvalue weighted by Gasteiger charge is 2.24. The first-order chi connectivity index (χ1) is 16.5. The van der Waals surface area contributed by atoms with Gasteiger partial charge in [0.15, 0.2) is 13.6 Å². The maximum absolute atomic E-state index is 13.2. The standard InChI is InChI=1S/C24H32N4O6/c1-4-30-15-32-21-13-18-12-19(25)9-7-11-20(27-28-26)10-6-8-17(3)34-24(29)23(18)22(14-21)33-16-31-5-2/h6-7,9-10,13-14,17,20,25H,4-5,8,11-12,15-16H2,1-3H3/b9-7+,10-6+,25-19?/t17-,20+/m1/s1. The van der Waals surface area contributed by atoms with E-state index < -0.39 is 12.1 Å². The van der Waals surface area contributed by atoms with Gasteiger partial charge in [-0.05, 0) is 50.4 Å². The van der Waals surface area contributed by atoms with Crippen molar-refractivity contribution in [1.29, 1.82) is 5.41 Å². The summed E-state index contributed by atoms with van der Waals surface area (Å²) >= 11 is 0. The largest absolute Gasteiger partial charge is 0.467 e. The van der Waals surface area contributed by atoms with Gasteiger partial charge in [0.1, 0.15) is 23.2 Å². The van der Waals surface area contributed by atoms with Gasteiger partial charge in [-0.1, -0.05) is 23.3 Å². The van der Waals surface area contributed by atoms with Gasteiger partial charge in [0.2, 0.25) is 0 Å². The number of hydrogen-bond donors (Lipinski definition) is 1. The highest BCUT2D eigenvalue weighted by Crippen LogP contribution is 2.31. The lowest BCUT2D eigenvalue weighted by atomic mass is 9.99. The molecule has 1 aliphatic rings. The number of esters is 1. The summed E-state index contributed by atoms with van der Waals surface area (Å²) in [6, 6.07) is 2.89. The Balaban J connectivity index is 2.47. The summed E-state index contributed by atoms with van der Waals surface area (Å²) in [5, 5.41) is 12.2. The van der Waals surface area contributed by atoms with Crippen LogP contribution in [0, 0.1) is 5.41 Å². The van der Waals surface area contributed by atoms with E-state index in [0.717, 1.165) is 0 Å². The van der Waals surface area contributed by atoms with E-state index in [2.05, 4.69) is 10.0 Å². The van der Waals surface area contributed by atoms with Crippen LogP contribution < -0.4 is 9.47 Å². The second-order valence-corrected chi connectivity index (χ2v) is 7.46. The predicted octanol–water partition coefficient (Wildman–Crippen LogP) is 5.12. The van der Waals surface area contributed by atoms with Gasteiger partial charge < -0.3 is 29.1 Å². The van der Waals surface area contributed by atoms with E-state index in [1.54, 1.807) is 37.3 Å². The fourth-order valence-corrected chi connectivity index (χ4v) is 3.16. The predicted molar refractivity (Wildman–Crippen MR) is 127 cm³/mol. The Morgan fingerprint density at radius 1 is 1.15 bits per heavy atom. The molecule has 1 aliphatic heterocycles. The lowest BCUT2D eigenvalue weighted by Gasteiger charge is -2.19. The number of hydrogen-bond acceptors (Lipinski definition) is 8. The molecule has 1 N–H and O–H groups in total. The molecule has 0 radical (unpaired) electrons. The number of carbonyl (C=O) groups is 1. The van der Waals surface area contributed by atoms with Crippen LogP contribution in [0.2, 0.25) is 0 Å². The zero-order valence-electron chi connectivity index (χ0n) is 19.9. The normalized spacial score (nSPS) is 20.8. The Morgan fingerprint density at radius 2 is 1.88 bits per heavy atom. The molecule has 0 unspecified atom stereocenters. The van der Waals surface area contributed by atoms with Crippen LogP contribution in [0.4, 0.5) is 0 Å². The molecule has 1 aromatic rings. The Bertz CT molecular complexity index is 940. The molecule has 1 aromatic carbocycles. The minimum atomic E-state index is -0.570. The number of carbonyl (C=O) groups excluding carboxylic acids is 1. The number of ether oxygens (including phenoxy) is 5. The minimum absolute atomic E-state index is 0.0339. The van der Waals surface area contributed by atoms with Crippen molar-refractivity contribution < 1.29 is 28.5 Å². The van der Waals surface area contributed by atoms with Gasteiger partial charge in [0.25, 0.3) is 0 Å². The van der Waals surface area contributed by atoms with Crippen LogP contribution in [0.15, 0.2) is 41.6 Å². The average Bonchev–Trinajstić information content (AvgIpc) is 2.78. The van der Waals surface area contributed by atoms with Gasteiger partial charge >= 0.3 is 5.97 Å². The third kappa shape index (κ3) is 8.90. The zero-order chi connectivity index (χ0) is 24.8. The van der Waals surface area contributed by atoms with Crippen LogP contribution in [0.1, 0.15) is 49.5 Å². The van der Waals surface area contributed by atoms with E-state index >= 15 is 0 Å². The van der Waals surface area contributed by atoms with Gasteiger partial charge in [-0.2, -0.15) is 0 Å². The molecule has 34 heavy (non-hydrogen) atoms. The number of fused-ring (bicyclic) bond motifs is 1. The summed E-state index contributed by atoms with van der Waals surface area (Å²) in [6.45, 7) is 6.39. The van der Waals surface area contributed by atoms with Crippen molar-refractivity contribution in [3.05, 3.63) is 58.0 Å². The van der Waals surface area contributed by atoms with Crippen molar-refractivity contribution in [2.75, 3.05) is 26.8 Å². The molecular weight excluding hydrogens is 440 g/mol. The van der Waals surface area contributed by atoms with Gasteiger partial charge in [0.05, 0.1) is 6.04 Å². The van der Waals surface area contributed by atoms with Crippen molar-refractivity contribution in [2.24, 2.45) is 5.11 Å². The molecule has 0 saturated heterocycles. The summed E-state index contributed by atoms with van der Waals surface area (Å²) in [5.74, 6) is 0.112. The Labute approximate surface area is 199 Å². The first-order valence-electron chi connectivity index (χ1n) is 11.2. The van der Waals surface area contributed by atoms with E-state index in [1.165, 1.54) is 0 Å². The summed E-state index contributed by atoms with van der Waals surface area (Å²) in [7, 11) is 0. The quantitative estimate of drug-likeness (QED) is 0.101. The van der Waals surface area contributed by atoms with E-state index in [4.69, 9.17) is 34.6 Å². The van der Waals surface area contributed by atoms with Gasteiger partial charge in [0, 0.05) is 42.7 Å². The molecular formula is C24H32N4O6. The van der Waals surface area contributed by atoms with E-state index in [1.807, 2.05) is 19.9 Å². The summed E-state index contributed by atoms with van der Waals surface area (Å²) < 4.78 is 27.7. The molecule has 10 heteroatoms. The van der Waals surface area contributed by atoms with Crippen molar-refractivity contribution >= 4 is 11.7 Å². The van der Waals surface area contributed by atoms with Crippen LogP contribution in [-0.2, 0) is 20.6 Å². The SMILES string of the molecule is CCOCOc1cc2c(c(OCOCC)c1)C(=O)O[C@H](C)C/C=C/[C@H](N=[N+]=[N-])C/C=C/C(=N)C2. The number of benzene rings is 1. The summed E-state index contributed by atoms with van der Waals surface area (Å²) in [6.07, 6.45) is 7.60. The first-order valence-corrected chi connectivity index (χ1v) is 11.2. The second-order valence-electron chi connectivity index (χ2n) is 7.46. The van der Waals surface area contributed by atoms with Crippen LogP contribution in [-0.4, -0.2) is 50.6 Å². The molecule has 10 nitrogen and oxygen atoms in total. The Morgan fingerprint density at radius 3 is 2.59 bits per heavy atom. The highest BCUT2D eigenvalue weighted by molar-refractivity contribution is 5.99. The smallest absolute Gasteiger partial charge is 0.342 e. The maximum atomic E-state index is 13.2. The summed E-state index contributed by atoms with van der Waals surface area (Å²) in [4.78, 5) is 16.1. The topological polar surface area (TPSA) is 136 Å². The van der Waals surface area contributed by atoms with Crippen molar-refractivity contribution in [3.8, 4) is 11.5 Å². The maximum Gasteiger partial charge on any atom is 0.342 e. The highest BCUT2D eigenvalue weighted by atomic mass is 16.7. The van der Waals surface area contributed by atoms with E-state index in [0.29, 0.717) is 37.4 Å². The average molecular weight is 473 g/mol. The molecule has 0 fully saturated rings. The van der Waals surface area contributed by atoms with Crippen LogP contribution in [0.3, 0.4) is 0 Å². The molecule has 0 spiro atoms. The Kier molecular flexibility index (Phi) is 11.7. The van der Waals surface area contributed by atoms with Gasteiger partial charge in [-0.25, -0.2) is 4.79 Å². The van der Waals surface area contributed by atoms with E-state index in [-0.39, 0.29) is 43.1 Å². The number of azide groups is 1. The third-order valence-electron chi connectivity index (χ3n) is 4.79. The number of nitrogens with one attached hydrogen (secondary N) is 1. The number of nitrogens with zero attached hydrogens (tertiary/aromatic N) is 3. The Hall–Kier alpha value is -3.33. The molecule has 0 amide bonds. The number of cyclic esters (lactones) is 1. The van der Waals surface area contributed by atoms with Crippen molar-refractivity contribution in [1.82, 2.24) is 0 Å². The van der Waals surface area contributed by atoms with Crippen LogP contribution in [0.25, 0.3) is 10.4 Å². The molecule has 0 aromatic heterocycles. The molecule has 0 aliphatic carbocycles. The van der Waals surface area contributed by atoms with E-state index in [9.17, 15) is 4.79 Å². The molecule has 184 valence electrons. The van der Waals surface area contributed by atoms with Gasteiger partial charge in [-0.3, -0.25) is 0 Å². The number of allylic oxidation sites excluding steroid dienone is 1. The molecule has 1 heterocycles. The second kappa shape index (κ2) is 14.7. The van der Waals surface area contributed by atoms with Crippen molar-refractivity contribution in [3.63, 3.8) is 0 Å². The first kappa shape index (κ1) is 26.9. The fourth-order valence-electron chi connectivity index (χ4n) is 3.16. The summed E-state index contributed by atoms with van der Waals surface area (Å²) in [5.41, 5.74) is 9.79. The van der Waals surface area contributed by atoms with Crippen molar-refractivity contribution in [2.45, 2.75) is 52.2 Å². The molecule has 2 atom stereocenters. The monoisotopic (exact) mass is 472 g/mol. The fraction of sp³-hybridized carbons (Fsp3) is 0.500.